The van der Waals surface area contributed by atoms with Gasteiger partial charge in [0.25, 0.3) is 5.91 Å². The van der Waals surface area contributed by atoms with E-state index >= 15 is 0 Å². The highest BCUT2D eigenvalue weighted by molar-refractivity contribution is 5.95. The molecule has 1 amide bonds. The van der Waals surface area contributed by atoms with Crippen LogP contribution in [0.5, 0.6) is 0 Å². The van der Waals surface area contributed by atoms with E-state index < -0.39 is 0 Å². The summed E-state index contributed by atoms with van der Waals surface area (Å²) >= 11 is 0. The molecule has 3 aromatic rings. The van der Waals surface area contributed by atoms with Crippen molar-refractivity contribution >= 4 is 22.6 Å². The Morgan fingerprint density at radius 2 is 1.90 bits per heavy atom. The molecule has 1 unspecified atom stereocenters. The molecule has 0 spiro atoms. The smallest absolute Gasteiger partial charge is 0.251 e. The third kappa shape index (κ3) is 4.19. The van der Waals surface area contributed by atoms with Gasteiger partial charge in [-0.1, -0.05) is 19.9 Å². The van der Waals surface area contributed by atoms with Gasteiger partial charge in [-0.05, 0) is 61.2 Å². The zero-order valence-electron chi connectivity index (χ0n) is 18.2. The highest BCUT2D eigenvalue weighted by Crippen LogP contribution is 2.25. The van der Waals surface area contributed by atoms with E-state index in [-0.39, 0.29) is 17.9 Å². The van der Waals surface area contributed by atoms with E-state index in [0.717, 1.165) is 48.7 Å². The van der Waals surface area contributed by atoms with Gasteiger partial charge in [0, 0.05) is 24.3 Å². The molecule has 1 aromatic heterocycles. The number of fused-ring (bicyclic) bond motifs is 1. The molecule has 1 saturated heterocycles. The molecular weight excluding hydrogens is 376 g/mol. The first-order valence-electron chi connectivity index (χ1n) is 10.6. The average Bonchev–Trinajstić information content (AvgIpc) is 3.14. The second-order valence-electron chi connectivity index (χ2n) is 8.44. The number of imidazole rings is 1. The monoisotopic (exact) mass is 406 g/mol. The minimum atomic E-state index is -0.190. The van der Waals surface area contributed by atoms with Crippen LogP contribution in [0.25, 0.3) is 11.0 Å². The Labute approximate surface area is 177 Å². The number of carbonyl (C=O) groups is 1. The second-order valence-corrected chi connectivity index (χ2v) is 8.44. The molecule has 30 heavy (non-hydrogen) atoms. The number of morpholine rings is 1. The maximum Gasteiger partial charge on any atom is 0.251 e. The number of aromatic nitrogens is 2. The number of nitrogens with one attached hydrogen (secondary N) is 2. The molecule has 1 aliphatic rings. The van der Waals surface area contributed by atoms with Crippen LogP contribution in [0.1, 0.15) is 47.2 Å². The zero-order chi connectivity index (χ0) is 21.3. The summed E-state index contributed by atoms with van der Waals surface area (Å²) in [6.07, 6.45) is 0. The lowest BCUT2D eigenvalue weighted by Crippen LogP contribution is -2.36. The number of aromatic amines is 1. The highest BCUT2D eigenvalue weighted by atomic mass is 16.5. The first kappa shape index (κ1) is 20.4. The zero-order valence-corrected chi connectivity index (χ0v) is 18.2. The number of anilines is 1. The number of hydrogen-bond donors (Lipinski definition) is 2. The van der Waals surface area contributed by atoms with Crippen LogP contribution in [-0.4, -0.2) is 42.2 Å². The number of rotatable bonds is 5. The van der Waals surface area contributed by atoms with Gasteiger partial charge >= 0.3 is 0 Å². The molecule has 2 heterocycles. The van der Waals surface area contributed by atoms with E-state index in [1.807, 2.05) is 24.3 Å². The number of H-pyrrole nitrogens is 1. The Bertz CT molecular complexity index is 1050. The van der Waals surface area contributed by atoms with Crippen molar-refractivity contribution in [3.8, 4) is 0 Å². The SMILES string of the molecule is Cc1ccc2nc(C(NC(=O)c3ccc(N4CCOCC4)c(C)c3)C(C)C)[nH]c2c1. The van der Waals surface area contributed by atoms with Gasteiger partial charge in [0.05, 0.1) is 30.3 Å². The predicted molar refractivity (Wildman–Crippen MR) is 120 cm³/mol. The van der Waals surface area contributed by atoms with Crippen LogP contribution in [0.15, 0.2) is 36.4 Å². The van der Waals surface area contributed by atoms with Gasteiger partial charge in [0.2, 0.25) is 0 Å². The summed E-state index contributed by atoms with van der Waals surface area (Å²) in [6.45, 7) is 11.6. The highest BCUT2D eigenvalue weighted by Gasteiger charge is 2.23. The number of aryl methyl sites for hydroxylation is 2. The first-order chi connectivity index (χ1) is 14.4. The van der Waals surface area contributed by atoms with Crippen LogP contribution in [0, 0.1) is 19.8 Å². The summed E-state index contributed by atoms with van der Waals surface area (Å²) in [5.74, 6) is 0.909. The molecular formula is C24H30N4O2. The summed E-state index contributed by atoms with van der Waals surface area (Å²) in [5.41, 5.74) is 6.03. The van der Waals surface area contributed by atoms with Crippen LogP contribution in [0.4, 0.5) is 5.69 Å². The third-order valence-corrected chi connectivity index (χ3v) is 5.71. The molecule has 158 valence electrons. The normalized spacial score (nSPS) is 15.6. The molecule has 2 aromatic carbocycles. The fourth-order valence-corrected chi connectivity index (χ4v) is 4.02. The molecule has 0 aliphatic carbocycles. The van der Waals surface area contributed by atoms with E-state index in [4.69, 9.17) is 9.72 Å². The van der Waals surface area contributed by atoms with Crippen molar-refractivity contribution in [3.63, 3.8) is 0 Å². The van der Waals surface area contributed by atoms with Gasteiger partial charge in [0.15, 0.2) is 0 Å². The number of amides is 1. The van der Waals surface area contributed by atoms with Crippen molar-refractivity contribution in [1.29, 1.82) is 0 Å². The van der Waals surface area contributed by atoms with Gasteiger partial charge in [-0.25, -0.2) is 4.98 Å². The fraction of sp³-hybridized carbons (Fsp3) is 0.417. The molecule has 1 fully saturated rings. The Morgan fingerprint density at radius 3 is 2.60 bits per heavy atom. The van der Waals surface area contributed by atoms with Gasteiger partial charge in [-0.3, -0.25) is 4.79 Å². The van der Waals surface area contributed by atoms with Gasteiger partial charge in [-0.2, -0.15) is 0 Å². The summed E-state index contributed by atoms with van der Waals surface area (Å²) in [7, 11) is 0. The Balaban J connectivity index is 1.54. The van der Waals surface area contributed by atoms with Crippen LogP contribution < -0.4 is 10.2 Å². The Morgan fingerprint density at radius 1 is 1.13 bits per heavy atom. The van der Waals surface area contributed by atoms with E-state index in [1.165, 1.54) is 11.3 Å². The molecule has 1 atom stereocenters. The van der Waals surface area contributed by atoms with Crippen molar-refractivity contribution in [1.82, 2.24) is 15.3 Å². The largest absolute Gasteiger partial charge is 0.378 e. The topological polar surface area (TPSA) is 70.2 Å². The number of benzene rings is 2. The quantitative estimate of drug-likeness (QED) is 0.668. The molecule has 0 radical (unpaired) electrons. The molecule has 0 bridgehead atoms. The van der Waals surface area contributed by atoms with Crippen molar-refractivity contribution in [2.24, 2.45) is 5.92 Å². The minimum absolute atomic E-state index is 0.0815. The molecule has 2 N–H and O–H groups in total. The Kier molecular flexibility index (Phi) is 5.77. The minimum Gasteiger partial charge on any atom is -0.378 e. The summed E-state index contributed by atoms with van der Waals surface area (Å²) < 4.78 is 5.44. The molecule has 1 aliphatic heterocycles. The first-order valence-corrected chi connectivity index (χ1v) is 10.6. The number of nitrogens with zero attached hydrogens (tertiary/aromatic N) is 2. The number of hydrogen-bond acceptors (Lipinski definition) is 4. The lowest BCUT2D eigenvalue weighted by Gasteiger charge is -2.30. The van der Waals surface area contributed by atoms with Crippen molar-refractivity contribution in [2.75, 3.05) is 31.2 Å². The predicted octanol–water partition coefficient (Wildman–Crippen LogP) is 4.14. The van der Waals surface area contributed by atoms with Crippen molar-refractivity contribution in [2.45, 2.75) is 33.7 Å². The van der Waals surface area contributed by atoms with E-state index in [9.17, 15) is 4.79 Å². The standard InChI is InChI=1S/C24H30N4O2/c1-15(2)22(23-25-19-7-5-16(3)13-20(19)26-23)27-24(29)18-6-8-21(17(4)14-18)28-9-11-30-12-10-28/h5-8,13-15,22H,9-12H2,1-4H3,(H,25,26)(H,27,29). The summed E-state index contributed by atoms with van der Waals surface area (Å²) in [5, 5.41) is 3.18. The fourth-order valence-electron chi connectivity index (χ4n) is 4.02. The van der Waals surface area contributed by atoms with Crippen molar-refractivity contribution in [3.05, 3.63) is 58.9 Å². The van der Waals surface area contributed by atoms with Gasteiger partial charge in [-0.15, -0.1) is 0 Å². The molecule has 6 nitrogen and oxygen atoms in total. The van der Waals surface area contributed by atoms with Crippen LogP contribution in [-0.2, 0) is 4.74 Å². The lowest BCUT2D eigenvalue weighted by atomic mass is 10.0. The third-order valence-electron chi connectivity index (χ3n) is 5.71. The van der Waals surface area contributed by atoms with Gasteiger partial charge < -0.3 is 19.9 Å². The van der Waals surface area contributed by atoms with Gasteiger partial charge in [0.1, 0.15) is 5.82 Å². The average molecular weight is 407 g/mol. The van der Waals surface area contributed by atoms with Crippen LogP contribution in [0.2, 0.25) is 0 Å². The number of carbonyl (C=O) groups excluding carboxylic acids is 1. The Hall–Kier alpha value is -2.86. The number of ether oxygens (including phenoxy) is 1. The second kappa shape index (κ2) is 8.48. The van der Waals surface area contributed by atoms with Crippen LogP contribution >= 0.6 is 0 Å². The van der Waals surface area contributed by atoms with E-state index in [0.29, 0.717) is 5.56 Å². The maximum atomic E-state index is 13.1. The molecule has 6 heteroatoms. The van der Waals surface area contributed by atoms with E-state index in [1.54, 1.807) is 0 Å². The lowest BCUT2D eigenvalue weighted by molar-refractivity contribution is 0.0923. The van der Waals surface area contributed by atoms with Crippen molar-refractivity contribution < 1.29 is 9.53 Å². The summed E-state index contributed by atoms with van der Waals surface area (Å²) in [4.78, 5) is 23.5. The van der Waals surface area contributed by atoms with E-state index in [2.05, 4.69) is 55.0 Å². The molecule has 0 saturated carbocycles. The summed E-state index contributed by atoms with van der Waals surface area (Å²) in [6, 6.07) is 11.9. The molecule has 4 rings (SSSR count). The maximum absolute atomic E-state index is 13.1. The van der Waals surface area contributed by atoms with Crippen LogP contribution in [0.3, 0.4) is 0 Å².